The molecule has 0 N–H and O–H groups in total. The van der Waals surface area contributed by atoms with E-state index in [2.05, 4.69) is 86.9 Å². The van der Waals surface area contributed by atoms with Gasteiger partial charge >= 0.3 is 0 Å². The Morgan fingerprint density at radius 1 is 1.05 bits per heavy atom. The van der Waals surface area contributed by atoms with Crippen molar-refractivity contribution in [1.82, 2.24) is 0 Å². The first-order valence-corrected chi connectivity index (χ1v) is 9.46. The molecular weight excluding hydrogens is 379 g/mol. The SMILES string of the molecule is C=C\C=C/C(=C\C)C(=C/CI)/C(=C\C=C)C(=C/CC)/CCC. The van der Waals surface area contributed by atoms with Gasteiger partial charge in [0.15, 0.2) is 0 Å². The third kappa shape index (κ3) is 7.26. The van der Waals surface area contributed by atoms with Crippen molar-refractivity contribution in [1.29, 1.82) is 0 Å². The lowest BCUT2D eigenvalue weighted by molar-refractivity contribution is 0.905. The summed E-state index contributed by atoms with van der Waals surface area (Å²) in [7, 11) is 0. The Morgan fingerprint density at radius 2 is 1.77 bits per heavy atom. The minimum atomic E-state index is 0.979. The monoisotopic (exact) mass is 408 g/mol. The Kier molecular flexibility index (Phi) is 12.9. The molecule has 0 aliphatic heterocycles. The molecule has 0 heterocycles. The Labute approximate surface area is 150 Å². The van der Waals surface area contributed by atoms with Crippen LogP contribution in [0.1, 0.15) is 40.0 Å². The topological polar surface area (TPSA) is 0 Å². The molecule has 22 heavy (non-hydrogen) atoms. The van der Waals surface area contributed by atoms with E-state index in [0.29, 0.717) is 0 Å². The van der Waals surface area contributed by atoms with Crippen molar-refractivity contribution in [2.45, 2.75) is 40.0 Å². The van der Waals surface area contributed by atoms with Gasteiger partial charge in [0.05, 0.1) is 0 Å². The fraction of sp³-hybridized carbons (Fsp3) is 0.333. The van der Waals surface area contributed by atoms with Crippen LogP contribution >= 0.6 is 22.6 Å². The van der Waals surface area contributed by atoms with Gasteiger partial charge in [-0.15, -0.1) is 0 Å². The van der Waals surface area contributed by atoms with Crippen LogP contribution in [0.2, 0.25) is 0 Å². The second-order valence-corrected chi connectivity index (χ2v) is 5.70. The minimum absolute atomic E-state index is 0.979. The number of halogens is 1. The molecule has 0 saturated heterocycles. The number of alkyl halides is 1. The fourth-order valence-electron chi connectivity index (χ4n) is 2.32. The van der Waals surface area contributed by atoms with Gasteiger partial charge in [0.1, 0.15) is 0 Å². The summed E-state index contributed by atoms with van der Waals surface area (Å²) in [6, 6.07) is 0. The number of allylic oxidation sites excluding steroid dienone is 12. The molecule has 0 aromatic rings. The lowest BCUT2D eigenvalue weighted by Gasteiger charge is -2.17. The van der Waals surface area contributed by atoms with Crippen LogP contribution in [-0.2, 0) is 0 Å². The highest BCUT2D eigenvalue weighted by Crippen LogP contribution is 2.30. The van der Waals surface area contributed by atoms with Gasteiger partial charge in [0, 0.05) is 4.43 Å². The molecule has 0 nitrogen and oxygen atoms in total. The molecule has 0 aromatic heterocycles. The van der Waals surface area contributed by atoms with Crippen LogP contribution in [0.25, 0.3) is 0 Å². The van der Waals surface area contributed by atoms with Gasteiger partial charge in [-0.1, -0.05) is 105 Å². The normalized spacial score (nSPS) is 14.5. The van der Waals surface area contributed by atoms with Crippen molar-refractivity contribution in [3.05, 3.63) is 84.1 Å². The summed E-state index contributed by atoms with van der Waals surface area (Å²) in [4.78, 5) is 0. The third-order valence-electron chi connectivity index (χ3n) is 3.21. The molecule has 0 rings (SSSR count). The summed E-state index contributed by atoms with van der Waals surface area (Å²) < 4.78 is 0.979. The van der Waals surface area contributed by atoms with Gasteiger partial charge in [-0.3, -0.25) is 0 Å². The van der Waals surface area contributed by atoms with Crippen LogP contribution in [0.4, 0.5) is 0 Å². The van der Waals surface area contributed by atoms with E-state index in [9.17, 15) is 0 Å². The molecule has 0 bridgehead atoms. The summed E-state index contributed by atoms with van der Waals surface area (Å²) in [5.41, 5.74) is 5.20. The van der Waals surface area contributed by atoms with Crippen LogP contribution < -0.4 is 0 Å². The van der Waals surface area contributed by atoms with Crippen molar-refractivity contribution < 1.29 is 0 Å². The molecule has 0 fully saturated rings. The van der Waals surface area contributed by atoms with E-state index in [1.54, 1.807) is 0 Å². The van der Waals surface area contributed by atoms with Crippen LogP contribution in [0.5, 0.6) is 0 Å². The highest BCUT2D eigenvalue weighted by atomic mass is 127. The number of rotatable bonds is 10. The molecule has 0 saturated carbocycles. The molecule has 0 aliphatic carbocycles. The summed E-state index contributed by atoms with van der Waals surface area (Å²) >= 11 is 2.40. The molecule has 0 spiro atoms. The lowest BCUT2D eigenvalue weighted by Crippen LogP contribution is -1.99. The Morgan fingerprint density at radius 3 is 2.23 bits per heavy atom. The van der Waals surface area contributed by atoms with Crippen molar-refractivity contribution in [2.24, 2.45) is 0 Å². The molecule has 0 radical (unpaired) electrons. The first-order valence-electron chi connectivity index (χ1n) is 7.94. The summed E-state index contributed by atoms with van der Waals surface area (Å²) in [6.45, 7) is 14.2. The second kappa shape index (κ2) is 13.6. The van der Waals surface area contributed by atoms with E-state index in [1.807, 2.05) is 18.2 Å². The van der Waals surface area contributed by atoms with E-state index in [4.69, 9.17) is 0 Å². The first-order chi connectivity index (χ1) is 10.7. The van der Waals surface area contributed by atoms with E-state index in [0.717, 1.165) is 23.7 Å². The number of hydrogen-bond acceptors (Lipinski definition) is 0. The van der Waals surface area contributed by atoms with Gasteiger partial charge in [-0.2, -0.15) is 0 Å². The van der Waals surface area contributed by atoms with Crippen LogP contribution in [0.3, 0.4) is 0 Å². The first kappa shape index (κ1) is 20.9. The van der Waals surface area contributed by atoms with Gasteiger partial charge in [0.2, 0.25) is 0 Å². The Balaban J connectivity index is 6.03. The highest BCUT2D eigenvalue weighted by molar-refractivity contribution is 14.1. The Hall–Kier alpha value is -1.09. The molecule has 0 amide bonds. The van der Waals surface area contributed by atoms with Gasteiger partial charge < -0.3 is 0 Å². The third-order valence-corrected chi connectivity index (χ3v) is 3.65. The summed E-state index contributed by atoms with van der Waals surface area (Å²) in [6.07, 6.45) is 20.0. The number of hydrogen-bond donors (Lipinski definition) is 0. The molecule has 0 atom stereocenters. The van der Waals surface area contributed by atoms with Crippen LogP contribution in [0, 0.1) is 0 Å². The molecule has 0 aliphatic rings. The molecule has 0 aromatic carbocycles. The quantitative estimate of drug-likeness (QED) is 0.202. The van der Waals surface area contributed by atoms with Gasteiger partial charge in [-0.05, 0) is 42.1 Å². The molecule has 0 unspecified atom stereocenters. The predicted molar refractivity (Wildman–Crippen MR) is 112 cm³/mol. The zero-order valence-corrected chi connectivity index (χ0v) is 16.4. The predicted octanol–water partition coefficient (Wildman–Crippen LogP) is 7.29. The van der Waals surface area contributed by atoms with E-state index in [1.165, 1.54) is 22.3 Å². The van der Waals surface area contributed by atoms with Crippen molar-refractivity contribution in [3.8, 4) is 0 Å². The standard InChI is InChI=1S/C21H29I/c1-6-11-15-18(10-5)21(16-17-22)20(14-9-4)19(12-7-2)13-8-3/h6,9-12,14-16H,1,4,7-8,13,17H2,2-3,5H3/b15-11-,18-10+,19-12+,20-14-,21-16-. The smallest absolute Gasteiger partial charge is 0.0185 e. The van der Waals surface area contributed by atoms with E-state index in [-0.39, 0.29) is 0 Å². The van der Waals surface area contributed by atoms with Crippen LogP contribution in [-0.4, -0.2) is 4.43 Å². The molecular formula is C21H29I. The van der Waals surface area contributed by atoms with Crippen molar-refractivity contribution in [3.63, 3.8) is 0 Å². The maximum Gasteiger partial charge on any atom is 0.0185 e. The van der Waals surface area contributed by atoms with Crippen molar-refractivity contribution in [2.75, 3.05) is 4.43 Å². The largest absolute Gasteiger partial charge is 0.0991 e. The lowest BCUT2D eigenvalue weighted by atomic mass is 9.88. The Bertz CT molecular complexity index is 496. The van der Waals surface area contributed by atoms with Crippen molar-refractivity contribution >= 4 is 22.6 Å². The second-order valence-electron chi connectivity index (χ2n) is 4.81. The maximum absolute atomic E-state index is 3.91. The molecule has 120 valence electrons. The van der Waals surface area contributed by atoms with E-state index >= 15 is 0 Å². The van der Waals surface area contributed by atoms with Crippen LogP contribution in [0.15, 0.2) is 84.1 Å². The fourth-order valence-corrected chi connectivity index (χ4v) is 2.76. The molecule has 1 heteroatoms. The summed E-state index contributed by atoms with van der Waals surface area (Å²) in [5.74, 6) is 0. The van der Waals surface area contributed by atoms with E-state index < -0.39 is 0 Å². The highest BCUT2D eigenvalue weighted by Gasteiger charge is 2.12. The van der Waals surface area contributed by atoms with Gasteiger partial charge in [-0.25, -0.2) is 0 Å². The summed E-state index contributed by atoms with van der Waals surface area (Å²) in [5, 5.41) is 0. The average Bonchev–Trinajstić information content (AvgIpc) is 2.52. The zero-order valence-electron chi connectivity index (χ0n) is 14.2. The minimum Gasteiger partial charge on any atom is -0.0991 e. The zero-order chi connectivity index (χ0) is 16.8. The maximum atomic E-state index is 3.91. The average molecular weight is 408 g/mol. The van der Waals surface area contributed by atoms with Gasteiger partial charge in [0.25, 0.3) is 0 Å².